The summed E-state index contributed by atoms with van der Waals surface area (Å²) in [6.07, 6.45) is 0. The van der Waals surface area contributed by atoms with Crippen molar-refractivity contribution in [3.05, 3.63) is 127 Å². The van der Waals surface area contributed by atoms with Crippen LogP contribution in [0.25, 0.3) is 51.5 Å². The van der Waals surface area contributed by atoms with Gasteiger partial charge in [0.25, 0.3) is 0 Å². The summed E-state index contributed by atoms with van der Waals surface area (Å²) in [4.78, 5) is 4.98. The third kappa shape index (κ3) is 3.27. The fraction of sp³-hybridized carbons (Fsp3) is 0. The van der Waals surface area contributed by atoms with Gasteiger partial charge in [0.05, 0.1) is 11.4 Å². The Labute approximate surface area is 243 Å². The van der Waals surface area contributed by atoms with Gasteiger partial charge >= 0.3 is 0 Å². The van der Waals surface area contributed by atoms with Gasteiger partial charge in [0.2, 0.25) is 0 Å². The first-order chi connectivity index (χ1) is 19.8. The zero-order valence-electron chi connectivity index (χ0n) is 21.3. The summed E-state index contributed by atoms with van der Waals surface area (Å²) in [5.74, 6) is 0. The lowest BCUT2D eigenvalue weighted by Gasteiger charge is -2.33. The average Bonchev–Trinajstić information content (AvgIpc) is 3.58. The van der Waals surface area contributed by atoms with Gasteiger partial charge in [-0.05, 0) is 65.7 Å². The minimum atomic E-state index is 1.18. The minimum Gasteiger partial charge on any atom is -0.308 e. The van der Waals surface area contributed by atoms with Gasteiger partial charge in [0.15, 0.2) is 0 Å². The molecular formula is C36H21NS3. The summed E-state index contributed by atoms with van der Waals surface area (Å²) in [6.45, 7) is 0. The van der Waals surface area contributed by atoms with Crippen molar-refractivity contribution in [1.82, 2.24) is 0 Å². The van der Waals surface area contributed by atoms with E-state index in [1.54, 1.807) is 0 Å². The third-order valence-corrected chi connectivity index (χ3v) is 11.3. The molecule has 0 saturated heterocycles. The summed E-state index contributed by atoms with van der Waals surface area (Å²) >= 11 is 5.67. The first-order valence-electron chi connectivity index (χ1n) is 13.4. The van der Waals surface area contributed by atoms with Gasteiger partial charge in [-0.1, -0.05) is 84.6 Å². The number of benzene rings is 6. The third-order valence-electron chi connectivity index (χ3n) is 7.85. The molecule has 8 aromatic rings. The number of hydrogen-bond donors (Lipinski definition) is 0. The Morgan fingerprint density at radius 2 is 1.18 bits per heavy atom. The Hall–Kier alpha value is -4.09. The minimum absolute atomic E-state index is 1.18. The molecular weight excluding hydrogens is 543 g/mol. The molecule has 1 aliphatic heterocycles. The first kappa shape index (κ1) is 22.7. The van der Waals surface area contributed by atoms with Gasteiger partial charge < -0.3 is 4.90 Å². The highest BCUT2D eigenvalue weighted by molar-refractivity contribution is 7.99. The molecule has 0 fully saturated rings. The number of rotatable bonds is 2. The van der Waals surface area contributed by atoms with E-state index in [0.717, 1.165) is 0 Å². The van der Waals surface area contributed by atoms with E-state index in [2.05, 4.69) is 132 Å². The van der Waals surface area contributed by atoms with Crippen molar-refractivity contribution in [2.24, 2.45) is 0 Å². The molecule has 40 heavy (non-hydrogen) atoms. The monoisotopic (exact) mass is 563 g/mol. The standard InChI is InChI=1S/C36H21NS3/c1-4-15-29-25(11-1)26-19-20-33-35(36(26)40-29)34-24(12-8-18-32(34)39-33)22-9-7-10-23(21-22)37-27-13-2-5-16-30(27)38-31-17-6-3-14-28(31)37/h1-21H. The SMILES string of the molecule is c1cc(-c2cccc3sc4ccc5c6ccccc6sc5c4c23)cc(N2c3ccccc3Sc3ccccc32)c1. The van der Waals surface area contributed by atoms with Gasteiger partial charge in [-0.25, -0.2) is 0 Å². The molecule has 0 spiro atoms. The maximum Gasteiger partial charge on any atom is 0.0601 e. The number of para-hydroxylation sites is 2. The molecule has 3 heterocycles. The van der Waals surface area contributed by atoms with Crippen LogP contribution in [-0.2, 0) is 0 Å². The average molecular weight is 564 g/mol. The summed E-state index contributed by atoms with van der Waals surface area (Å²) in [5.41, 5.74) is 6.18. The Morgan fingerprint density at radius 3 is 2.02 bits per heavy atom. The van der Waals surface area contributed by atoms with Crippen LogP contribution in [-0.4, -0.2) is 0 Å². The Morgan fingerprint density at radius 1 is 0.475 bits per heavy atom. The van der Waals surface area contributed by atoms with Gasteiger partial charge in [0.1, 0.15) is 0 Å². The molecule has 0 saturated carbocycles. The zero-order chi connectivity index (χ0) is 26.2. The molecule has 188 valence electrons. The molecule has 9 rings (SSSR count). The van der Waals surface area contributed by atoms with E-state index in [1.807, 2.05) is 34.4 Å². The van der Waals surface area contributed by atoms with Crippen LogP contribution in [0.4, 0.5) is 17.1 Å². The number of anilines is 3. The van der Waals surface area contributed by atoms with Crippen molar-refractivity contribution in [2.75, 3.05) is 4.90 Å². The summed E-state index contributed by atoms with van der Waals surface area (Å²) < 4.78 is 5.44. The first-order valence-corrected chi connectivity index (χ1v) is 15.8. The van der Waals surface area contributed by atoms with Crippen LogP contribution < -0.4 is 4.90 Å². The number of fused-ring (bicyclic) bond motifs is 9. The van der Waals surface area contributed by atoms with Gasteiger partial charge in [-0.2, -0.15) is 0 Å². The van der Waals surface area contributed by atoms with E-state index < -0.39 is 0 Å². The highest BCUT2D eigenvalue weighted by atomic mass is 32.2. The quantitative estimate of drug-likeness (QED) is 0.206. The van der Waals surface area contributed by atoms with E-state index >= 15 is 0 Å². The molecule has 0 radical (unpaired) electrons. The van der Waals surface area contributed by atoms with E-state index in [4.69, 9.17) is 0 Å². The lowest BCUT2D eigenvalue weighted by Crippen LogP contribution is -2.14. The normalized spacial score (nSPS) is 12.8. The second-order valence-electron chi connectivity index (χ2n) is 10.1. The molecule has 0 aliphatic carbocycles. The van der Waals surface area contributed by atoms with Crippen LogP contribution in [0.1, 0.15) is 0 Å². The molecule has 0 bridgehead atoms. The molecule has 1 nitrogen and oxygen atoms in total. The van der Waals surface area contributed by atoms with Crippen LogP contribution in [0.2, 0.25) is 0 Å². The Bertz CT molecular complexity index is 2230. The van der Waals surface area contributed by atoms with E-state index in [0.29, 0.717) is 0 Å². The number of thiophene rings is 2. The van der Waals surface area contributed by atoms with Gasteiger partial charge in [-0.15, -0.1) is 22.7 Å². The van der Waals surface area contributed by atoms with Crippen LogP contribution in [0.5, 0.6) is 0 Å². The summed E-state index contributed by atoms with van der Waals surface area (Å²) in [6, 6.07) is 46.8. The highest BCUT2D eigenvalue weighted by Crippen LogP contribution is 2.52. The largest absolute Gasteiger partial charge is 0.308 e. The molecule has 0 unspecified atom stereocenters. The fourth-order valence-corrected chi connectivity index (χ4v) is 9.64. The second kappa shape index (κ2) is 8.70. The lowest BCUT2D eigenvalue weighted by atomic mass is 9.98. The van der Waals surface area contributed by atoms with Crippen LogP contribution in [0, 0.1) is 0 Å². The van der Waals surface area contributed by atoms with Crippen LogP contribution in [0.15, 0.2) is 137 Å². The highest BCUT2D eigenvalue weighted by Gasteiger charge is 2.25. The van der Waals surface area contributed by atoms with E-state index in [1.165, 1.54) is 78.3 Å². The summed E-state index contributed by atoms with van der Waals surface area (Å²) in [5, 5.41) is 5.47. The predicted molar refractivity (Wildman–Crippen MR) is 176 cm³/mol. The molecule has 0 amide bonds. The molecule has 0 atom stereocenters. The van der Waals surface area contributed by atoms with Crippen LogP contribution in [0.3, 0.4) is 0 Å². The molecule has 6 aromatic carbocycles. The van der Waals surface area contributed by atoms with Gasteiger partial charge in [0, 0.05) is 55.8 Å². The molecule has 2 aromatic heterocycles. The Balaban J connectivity index is 1.30. The summed E-state index contributed by atoms with van der Waals surface area (Å²) in [7, 11) is 0. The molecule has 1 aliphatic rings. The van der Waals surface area contributed by atoms with Crippen molar-refractivity contribution in [3.63, 3.8) is 0 Å². The zero-order valence-corrected chi connectivity index (χ0v) is 23.7. The smallest absolute Gasteiger partial charge is 0.0601 e. The fourth-order valence-electron chi connectivity index (χ4n) is 6.12. The number of hydrogen-bond acceptors (Lipinski definition) is 4. The van der Waals surface area contributed by atoms with Crippen molar-refractivity contribution in [1.29, 1.82) is 0 Å². The molecule has 0 N–H and O–H groups in total. The van der Waals surface area contributed by atoms with Crippen molar-refractivity contribution < 1.29 is 0 Å². The van der Waals surface area contributed by atoms with Crippen molar-refractivity contribution >= 4 is 91.8 Å². The van der Waals surface area contributed by atoms with E-state index in [9.17, 15) is 0 Å². The second-order valence-corrected chi connectivity index (χ2v) is 13.3. The topological polar surface area (TPSA) is 3.24 Å². The maximum absolute atomic E-state index is 2.42. The van der Waals surface area contributed by atoms with Crippen molar-refractivity contribution in [3.8, 4) is 11.1 Å². The Kier molecular flexibility index (Phi) is 4.94. The van der Waals surface area contributed by atoms with Crippen LogP contribution >= 0.6 is 34.4 Å². The lowest BCUT2D eigenvalue weighted by molar-refractivity contribution is 1.17. The number of nitrogens with zero attached hydrogens (tertiary/aromatic N) is 1. The molecule has 4 heteroatoms. The van der Waals surface area contributed by atoms with E-state index in [-0.39, 0.29) is 0 Å². The van der Waals surface area contributed by atoms with Gasteiger partial charge in [-0.3, -0.25) is 0 Å². The van der Waals surface area contributed by atoms with Crippen molar-refractivity contribution in [2.45, 2.75) is 9.79 Å². The predicted octanol–water partition coefficient (Wildman–Crippen LogP) is 12.0. The maximum atomic E-state index is 2.42.